The van der Waals surface area contributed by atoms with Gasteiger partial charge in [-0.15, -0.1) is 0 Å². The van der Waals surface area contributed by atoms with Crippen molar-refractivity contribution in [3.63, 3.8) is 0 Å². The van der Waals surface area contributed by atoms with Gasteiger partial charge in [0, 0.05) is 12.1 Å². The van der Waals surface area contributed by atoms with E-state index >= 15 is 0 Å². The van der Waals surface area contributed by atoms with Crippen LogP contribution in [0.4, 0.5) is 4.39 Å². The Morgan fingerprint density at radius 1 is 0.800 bits per heavy atom. The van der Waals surface area contributed by atoms with E-state index in [0.717, 1.165) is 48.0 Å². The molecule has 0 saturated heterocycles. The standard InChI is InChI=1S/C30H28FN2P.HI/c1-2-3-20-33-29-19-14-23(21-28(29)32-30(33)24-15-17-25(31)18-16-24)22-34(26-10-6-4-7-11-26)27-12-8-5-9-13-27;/h4-19,21H,2-3,20,22H2,1H3;1H. The minimum atomic E-state index is -0.970. The highest BCUT2D eigenvalue weighted by Crippen LogP contribution is 2.38. The summed E-state index contributed by atoms with van der Waals surface area (Å²) in [5, 5.41) is 2.83. The Hall–Kier alpha value is -2.56. The molecular formula is C30H29FIN2P. The summed E-state index contributed by atoms with van der Waals surface area (Å²) in [7, 11) is -0.970. The van der Waals surface area contributed by atoms with Crippen LogP contribution in [0.2, 0.25) is 0 Å². The van der Waals surface area contributed by atoms with Gasteiger partial charge in [0.05, 0.1) is 35.7 Å². The number of aromatic nitrogens is 2. The van der Waals surface area contributed by atoms with Crippen molar-refractivity contribution in [2.24, 2.45) is 0 Å². The molecule has 178 valence electrons. The third-order valence-corrected chi connectivity index (χ3v) is 9.10. The summed E-state index contributed by atoms with van der Waals surface area (Å²) in [6, 6.07) is 35.1. The van der Waals surface area contributed by atoms with E-state index in [-0.39, 0.29) is 29.8 Å². The number of rotatable bonds is 8. The van der Waals surface area contributed by atoms with Crippen LogP contribution in [0.1, 0.15) is 25.3 Å². The minimum absolute atomic E-state index is 0. The molecule has 0 atom stereocenters. The van der Waals surface area contributed by atoms with E-state index < -0.39 is 7.92 Å². The van der Waals surface area contributed by atoms with Crippen LogP contribution >= 0.6 is 7.92 Å². The van der Waals surface area contributed by atoms with Crippen LogP contribution < -0.4 is 34.6 Å². The Balaban J connectivity index is 0.00000289. The van der Waals surface area contributed by atoms with Crippen molar-refractivity contribution in [1.29, 1.82) is 0 Å². The first-order valence-corrected chi connectivity index (χ1v) is 13.7. The smallest absolute Gasteiger partial charge is 0.141 e. The molecule has 0 aliphatic heterocycles. The zero-order valence-electron chi connectivity index (χ0n) is 19.8. The van der Waals surface area contributed by atoms with Gasteiger partial charge >= 0.3 is 0 Å². The average molecular weight is 594 g/mol. The van der Waals surface area contributed by atoms with Gasteiger partial charge in [-0.05, 0) is 72.6 Å². The van der Waals surface area contributed by atoms with E-state index in [1.165, 1.54) is 28.3 Å². The summed E-state index contributed by atoms with van der Waals surface area (Å²) in [5.41, 5.74) is 4.41. The highest BCUT2D eigenvalue weighted by Gasteiger charge is 2.23. The maximum absolute atomic E-state index is 13.5. The molecule has 2 nitrogen and oxygen atoms in total. The zero-order chi connectivity index (χ0) is 23.3. The summed E-state index contributed by atoms with van der Waals surface area (Å²) in [6.07, 6.45) is 3.19. The van der Waals surface area contributed by atoms with Gasteiger partial charge < -0.3 is 28.5 Å². The SMILES string of the molecule is CCCCn1c(-c2ccc(F)cc2)nc2cc(C[PH+](c3ccccc3)c3ccccc3)ccc21.[I-]. The topological polar surface area (TPSA) is 17.8 Å². The predicted octanol–water partition coefficient (Wildman–Crippen LogP) is 4.01. The number of halogens is 2. The average Bonchev–Trinajstić information content (AvgIpc) is 3.25. The molecule has 0 fully saturated rings. The summed E-state index contributed by atoms with van der Waals surface area (Å²) >= 11 is 0. The van der Waals surface area contributed by atoms with Crippen LogP contribution in [0.5, 0.6) is 0 Å². The molecule has 0 aliphatic carbocycles. The number of fused-ring (bicyclic) bond motifs is 1. The summed E-state index contributed by atoms with van der Waals surface area (Å²) in [5.74, 6) is 0.691. The van der Waals surface area contributed by atoms with Crippen molar-refractivity contribution in [2.45, 2.75) is 32.5 Å². The predicted molar refractivity (Wildman–Crippen MR) is 144 cm³/mol. The van der Waals surface area contributed by atoms with Gasteiger partial charge in [-0.1, -0.05) is 55.8 Å². The van der Waals surface area contributed by atoms with Crippen molar-refractivity contribution in [3.05, 3.63) is 115 Å². The molecule has 1 heterocycles. The lowest BCUT2D eigenvalue weighted by atomic mass is 10.2. The molecule has 0 amide bonds. The lowest BCUT2D eigenvalue weighted by Crippen LogP contribution is -3.00. The molecule has 5 heteroatoms. The number of nitrogens with zero attached hydrogens (tertiary/aromatic N) is 2. The molecule has 0 aliphatic rings. The Kier molecular flexibility index (Phi) is 8.69. The molecule has 4 aromatic carbocycles. The second kappa shape index (κ2) is 11.9. The highest BCUT2D eigenvalue weighted by atomic mass is 127. The normalized spacial score (nSPS) is 11.1. The maximum atomic E-state index is 13.5. The minimum Gasteiger partial charge on any atom is -1.00 e. The molecule has 0 spiro atoms. The molecule has 0 radical (unpaired) electrons. The van der Waals surface area contributed by atoms with E-state index in [2.05, 4.69) is 90.4 Å². The largest absolute Gasteiger partial charge is 1.00 e. The van der Waals surface area contributed by atoms with Crippen molar-refractivity contribution in [1.82, 2.24) is 9.55 Å². The van der Waals surface area contributed by atoms with Gasteiger partial charge in [-0.3, -0.25) is 0 Å². The summed E-state index contributed by atoms with van der Waals surface area (Å²) in [6.45, 7) is 3.10. The number of benzene rings is 4. The molecule has 0 saturated carbocycles. The summed E-state index contributed by atoms with van der Waals surface area (Å²) in [4.78, 5) is 5.03. The third-order valence-electron chi connectivity index (χ3n) is 6.28. The van der Waals surface area contributed by atoms with Gasteiger partial charge in [0.25, 0.3) is 0 Å². The first-order chi connectivity index (χ1) is 16.7. The lowest BCUT2D eigenvalue weighted by Gasteiger charge is -2.11. The van der Waals surface area contributed by atoms with Gasteiger partial charge in [0.15, 0.2) is 0 Å². The third kappa shape index (κ3) is 5.82. The van der Waals surface area contributed by atoms with Crippen LogP contribution in [0.15, 0.2) is 103 Å². The van der Waals surface area contributed by atoms with Crippen LogP contribution in [0.25, 0.3) is 22.4 Å². The lowest BCUT2D eigenvalue weighted by molar-refractivity contribution is -0.00000739. The fourth-order valence-electron chi connectivity index (χ4n) is 4.50. The van der Waals surface area contributed by atoms with Gasteiger partial charge in [-0.25, -0.2) is 9.37 Å². The molecule has 0 bridgehead atoms. The number of hydrogen-bond donors (Lipinski definition) is 0. The van der Waals surface area contributed by atoms with Gasteiger partial charge in [0.1, 0.15) is 11.6 Å². The zero-order valence-corrected chi connectivity index (χ0v) is 23.0. The first-order valence-electron chi connectivity index (χ1n) is 11.9. The molecule has 5 rings (SSSR count). The number of imidazole rings is 1. The Labute approximate surface area is 225 Å². The van der Waals surface area contributed by atoms with Gasteiger partial charge in [0.2, 0.25) is 0 Å². The van der Waals surface area contributed by atoms with Crippen LogP contribution in [-0.2, 0) is 12.7 Å². The van der Waals surface area contributed by atoms with E-state index in [4.69, 9.17) is 4.98 Å². The van der Waals surface area contributed by atoms with E-state index in [1.807, 2.05) is 12.1 Å². The molecule has 0 unspecified atom stereocenters. The van der Waals surface area contributed by atoms with E-state index in [1.54, 1.807) is 0 Å². The van der Waals surface area contributed by atoms with Crippen molar-refractivity contribution >= 4 is 29.6 Å². The highest BCUT2D eigenvalue weighted by molar-refractivity contribution is 7.72. The van der Waals surface area contributed by atoms with Crippen LogP contribution in [0.3, 0.4) is 0 Å². The Bertz CT molecular complexity index is 1330. The second-order valence-electron chi connectivity index (χ2n) is 8.66. The van der Waals surface area contributed by atoms with Crippen LogP contribution in [0, 0.1) is 5.82 Å². The number of hydrogen-bond acceptors (Lipinski definition) is 1. The maximum Gasteiger partial charge on any atom is 0.141 e. The molecular weight excluding hydrogens is 565 g/mol. The fourth-order valence-corrected chi connectivity index (χ4v) is 7.06. The molecule has 35 heavy (non-hydrogen) atoms. The van der Waals surface area contributed by atoms with E-state index in [0.29, 0.717) is 0 Å². The monoisotopic (exact) mass is 594 g/mol. The van der Waals surface area contributed by atoms with Crippen molar-refractivity contribution in [3.8, 4) is 11.4 Å². The van der Waals surface area contributed by atoms with Crippen molar-refractivity contribution in [2.75, 3.05) is 0 Å². The van der Waals surface area contributed by atoms with E-state index in [9.17, 15) is 4.39 Å². The van der Waals surface area contributed by atoms with Crippen molar-refractivity contribution < 1.29 is 28.4 Å². The molecule has 1 aromatic heterocycles. The fraction of sp³-hybridized carbons (Fsp3) is 0.167. The summed E-state index contributed by atoms with van der Waals surface area (Å²) < 4.78 is 15.8. The quantitative estimate of drug-likeness (QED) is 0.196. The van der Waals surface area contributed by atoms with Gasteiger partial charge in [-0.2, -0.15) is 0 Å². The number of unbranched alkanes of at least 4 members (excludes halogenated alkanes) is 1. The Morgan fingerprint density at radius 2 is 1.43 bits per heavy atom. The number of aryl methyl sites for hydroxylation is 1. The van der Waals surface area contributed by atoms with Crippen LogP contribution in [-0.4, -0.2) is 9.55 Å². The second-order valence-corrected chi connectivity index (χ2v) is 11.1. The first kappa shape index (κ1) is 25.5. The Morgan fingerprint density at radius 3 is 2.03 bits per heavy atom. The molecule has 0 N–H and O–H groups in total. The molecule has 5 aromatic rings.